The predicted molar refractivity (Wildman–Crippen MR) is 107 cm³/mol. The zero-order chi connectivity index (χ0) is 18.9. The maximum atomic E-state index is 12.6. The number of pyridine rings is 1. The predicted octanol–water partition coefficient (Wildman–Crippen LogP) is 4.32. The third kappa shape index (κ3) is 5.42. The normalized spacial score (nSPS) is 11.6. The zero-order valence-electron chi connectivity index (χ0n) is 15.5. The van der Waals surface area contributed by atoms with Crippen LogP contribution in [-0.4, -0.2) is 17.5 Å². The van der Waals surface area contributed by atoms with E-state index in [0.29, 0.717) is 19.4 Å². The highest BCUT2D eigenvalue weighted by molar-refractivity contribution is 5.77. The Morgan fingerprint density at radius 2 is 1.63 bits per heavy atom. The van der Waals surface area contributed by atoms with Crippen LogP contribution in [0.5, 0.6) is 5.75 Å². The molecule has 0 radical (unpaired) electrons. The summed E-state index contributed by atoms with van der Waals surface area (Å²) >= 11 is 0. The Morgan fingerprint density at radius 3 is 2.30 bits per heavy atom. The number of hydrogen-bond acceptors (Lipinski definition) is 3. The zero-order valence-corrected chi connectivity index (χ0v) is 15.5. The van der Waals surface area contributed by atoms with E-state index < -0.39 is 0 Å². The summed E-state index contributed by atoms with van der Waals surface area (Å²) in [5.41, 5.74) is 3.19. The summed E-state index contributed by atoms with van der Waals surface area (Å²) in [6.45, 7) is 2.61. The van der Waals surface area contributed by atoms with Crippen molar-refractivity contribution in [3.63, 3.8) is 0 Å². The van der Waals surface area contributed by atoms with Crippen molar-refractivity contribution >= 4 is 5.91 Å². The van der Waals surface area contributed by atoms with E-state index in [4.69, 9.17) is 4.74 Å². The molecule has 1 N–H and O–H groups in total. The molecular weight excluding hydrogens is 336 g/mol. The highest BCUT2D eigenvalue weighted by Gasteiger charge is 2.16. The van der Waals surface area contributed by atoms with Crippen LogP contribution < -0.4 is 10.1 Å². The van der Waals surface area contributed by atoms with E-state index in [9.17, 15) is 4.79 Å². The fraction of sp³-hybridized carbons (Fsp3) is 0.217. The highest BCUT2D eigenvalue weighted by atomic mass is 16.5. The Bertz CT molecular complexity index is 794. The average Bonchev–Trinajstić information content (AvgIpc) is 2.73. The van der Waals surface area contributed by atoms with Gasteiger partial charge < -0.3 is 10.1 Å². The van der Waals surface area contributed by atoms with Crippen LogP contribution in [0.25, 0.3) is 0 Å². The van der Waals surface area contributed by atoms with Gasteiger partial charge in [-0.1, -0.05) is 42.5 Å². The van der Waals surface area contributed by atoms with Gasteiger partial charge in [-0.05, 0) is 54.3 Å². The van der Waals surface area contributed by atoms with Gasteiger partial charge >= 0.3 is 0 Å². The summed E-state index contributed by atoms with van der Waals surface area (Å²) in [6, 6.07) is 21.6. The lowest BCUT2D eigenvalue weighted by Crippen LogP contribution is -2.29. The molecule has 0 saturated carbocycles. The van der Waals surface area contributed by atoms with Gasteiger partial charge in [0.1, 0.15) is 5.75 Å². The number of carbonyl (C=O) groups is 1. The molecule has 0 aliphatic heterocycles. The second kappa shape index (κ2) is 9.53. The number of aromatic nitrogens is 1. The number of carbonyl (C=O) groups excluding carboxylic acids is 1. The number of nitrogens with one attached hydrogen (secondary N) is 1. The van der Waals surface area contributed by atoms with Crippen molar-refractivity contribution in [3.8, 4) is 5.75 Å². The average molecular weight is 360 g/mol. The molecule has 0 saturated heterocycles. The molecule has 0 aliphatic carbocycles. The lowest BCUT2D eigenvalue weighted by atomic mass is 9.99. The summed E-state index contributed by atoms with van der Waals surface area (Å²) in [7, 11) is 0. The molecule has 1 unspecified atom stereocenters. The van der Waals surface area contributed by atoms with E-state index in [2.05, 4.69) is 10.3 Å². The van der Waals surface area contributed by atoms with Gasteiger partial charge in [0.25, 0.3) is 0 Å². The quantitative estimate of drug-likeness (QED) is 0.651. The molecule has 3 rings (SSSR count). The molecule has 0 bridgehead atoms. The Kier molecular flexibility index (Phi) is 6.58. The molecule has 1 aromatic heterocycles. The highest BCUT2D eigenvalue weighted by Crippen LogP contribution is 2.21. The smallest absolute Gasteiger partial charge is 0.221 e. The Hall–Kier alpha value is -3.14. The minimum Gasteiger partial charge on any atom is -0.494 e. The summed E-state index contributed by atoms with van der Waals surface area (Å²) in [4.78, 5) is 16.7. The molecule has 27 heavy (non-hydrogen) atoms. The second-order valence-electron chi connectivity index (χ2n) is 6.27. The third-order valence-corrected chi connectivity index (χ3v) is 4.35. The fourth-order valence-electron chi connectivity index (χ4n) is 2.97. The number of ether oxygens (including phenoxy) is 1. The number of benzene rings is 2. The first kappa shape index (κ1) is 18.6. The molecule has 3 aromatic rings. The maximum Gasteiger partial charge on any atom is 0.221 e. The molecule has 138 valence electrons. The van der Waals surface area contributed by atoms with Crippen LogP contribution in [0.15, 0.2) is 79.1 Å². The molecule has 0 fully saturated rings. The van der Waals surface area contributed by atoms with Gasteiger partial charge in [0.05, 0.1) is 12.6 Å². The third-order valence-electron chi connectivity index (χ3n) is 4.35. The number of aryl methyl sites for hydroxylation is 1. The number of hydrogen-bond donors (Lipinski definition) is 1. The van der Waals surface area contributed by atoms with Crippen molar-refractivity contribution in [1.82, 2.24) is 10.3 Å². The molecule has 4 nitrogen and oxygen atoms in total. The van der Waals surface area contributed by atoms with E-state index in [1.807, 2.05) is 73.7 Å². The van der Waals surface area contributed by atoms with Crippen LogP contribution in [0.1, 0.15) is 36.1 Å². The SMILES string of the molecule is CCOc1ccc(CCC(=O)NC(c2ccccc2)c2ccncc2)cc1. The molecule has 1 heterocycles. The van der Waals surface area contributed by atoms with Gasteiger partial charge in [-0.15, -0.1) is 0 Å². The molecule has 0 aliphatic rings. The van der Waals surface area contributed by atoms with E-state index >= 15 is 0 Å². The van der Waals surface area contributed by atoms with Gasteiger partial charge in [-0.25, -0.2) is 0 Å². The van der Waals surface area contributed by atoms with Crippen LogP contribution in [0.2, 0.25) is 0 Å². The van der Waals surface area contributed by atoms with Crippen molar-refractivity contribution < 1.29 is 9.53 Å². The van der Waals surface area contributed by atoms with Crippen molar-refractivity contribution in [2.24, 2.45) is 0 Å². The number of rotatable bonds is 8. The van der Waals surface area contributed by atoms with Crippen LogP contribution in [0.4, 0.5) is 0 Å². The Balaban J connectivity index is 1.64. The van der Waals surface area contributed by atoms with Crippen LogP contribution in [0.3, 0.4) is 0 Å². The first-order valence-corrected chi connectivity index (χ1v) is 9.22. The van der Waals surface area contributed by atoms with Crippen molar-refractivity contribution in [2.45, 2.75) is 25.8 Å². The summed E-state index contributed by atoms with van der Waals surface area (Å²) in [6.07, 6.45) is 4.62. The van der Waals surface area contributed by atoms with Crippen LogP contribution >= 0.6 is 0 Å². The molecule has 1 amide bonds. The molecule has 4 heteroatoms. The number of nitrogens with zero attached hydrogens (tertiary/aromatic N) is 1. The van der Waals surface area contributed by atoms with Crippen molar-refractivity contribution in [1.29, 1.82) is 0 Å². The number of amides is 1. The summed E-state index contributed by atoms with van der Waals surface area (Å²) < 4.78 is 5.45. The van der Waals surface area contributed by atoms with Gasteiger partial charge in [0, 0.05) is 18.8 Å². The fourth-order valence-corrected chi connectivity index (χ4v) is 2.97. The van der Waals surface area contributed by atoms with E-state index in [-0.39, 0.29) is 11.9 Å². The second-order valence-corrected chi connectivity index (χ2v) is 6.27. The first-order chi connectivity index (χ1) is 13.3. The maximum absolute atomic E-state index is 12.6. The van der Waals surface area contributed by atoms with E-state index in [1.54, 1.807) is 12.4 Å². The molecular formula is C23H24N2O2. The lowest BCUT2D eigenvalue weighted by Gasteiger charge is -2.19. The summed E-state index contributed by atoms with van der Waals surface area (Å²) in [5.74, 6) is 0.877. The lowest BCUT2D eigenvalue weighted by molar-refractivity contribution is -0.121. The molecule has 1 atom stereocenters. The van der Waals surface area contributed by atoms with Crippen molar-refractivity contribution in [3.05, 3.63) is 95.8 Å². The van der Waals surface area contributed by atoms with Gasteiger partial charge in [0.2, 0.25) is 5.91 Å². The molecule has 2 aromatic carbocycles. The molecule has 0 spiro atoms. The Morgan fingerprint density at radius 1 is 0.963 bits per heavy atom. The van der Waals surface area contributed by atoms with E-state index in [0.717, 1.165) is 22.4 Å². The monoisotopic (exact) mass is 360 g/mol. The topological polar surface area (TPSA) is 51.2 Å². The van der Waals surface area contributed by atoms with Crippen LogP contribution in [0, 0.1) is 0 Å². The Labute approximate surface area is 160 Å². The van der Waals surface area contributed by atoms with E-state index in [1.165, 1.54) is 0 Å². The minimum atomic E-state index is -0.179. The van der Waals surface area contributed by atoms with Gasteiger partial charge in [-0.3, -0.25) is 9.78 Å². The van der Waals surface area contributed by atoms with Gasteiger partial charge in [-0.2, -0.15) is 0 Å². The minimum absolute atomic E-state index is 0.0227. The van der Waals surface area contributed by atoms with Crippen LogP contribution in [-0.2, 0) is 11.2 Å². The largest absolute Gasteiger partial charge is 0.494 e. The van der Waals surface area contributed by atoms with Crippen molar-refractivity contribution in [2.75, 3.05) is 6.61 Å². The standard InChI is InChI=1S/C23H24N2O2/c1-2-27-21-11-8-18(9-12-21)10-13-22(26)25-23(19-6-4-3-5-7-19)20-14-16-24-17-15-20/h3-9,11-12,14-17,23H,2,10,13H2,1H3,(H,25,26). The summed E-state index contributed by atoms with van der Waals surface area (Å²) in [5, 5.41) is 3.16. The van der Waals surface area contributed by atoms with Gasteiger partial charge in [0.15, 0.2) is 0 Å². The first-order valence-electron chi connectivity index (χ1n) is 9.22.